The fraction of sp³-hybridized carbons (Fsp3) is 0.0175. The quantitative estimate of drug-likeness (QED) is 0.158. The molecular weight excluding hydrogens is 713 g/mol. The third-order valence-electron chi connectivity index (χ3n) is 11.9. The Bertz CT molecular complexity index is 3370. The zero-order chi connectivity index (χ0) is 39.3. The molecule has 59 heavy (non-hydrogen) atoms. The number of aryl methyl sites for hydroxylation is 1. The zero-order valence-electron chi connectivity index (χ0n) is 32.6. The molecule has 0 amide bonds. The van der Waals surface area contributed by atoms with Crippen LogP contribution in [0.3, 0.4) is 0 Å². The first-order valence-corrected chi connectivity index (χ1v) is 20.2. The Morgan fingerprint density at radius 3 is 1.19 bits per heavy atom. The van der Waals surface area contributed by atoms with Crippen molar-refractivity contribution in [2.75, 3.05) is 0 Å². The highest BCUT2D eigenvalue weighted by atomic mass is 14.7. The lowest BCUT2D eigenvalue weighted by Gasteiger charge is -2.21. The minimum Gasteiger partial charge on any atom is -0.255 e. The average molecular weight is 751 g/mol. The zero-order valence-corrected chi connectivity index (χ0v) is 32.6. The van der Waals surface area contributed by atoms with Gasteiger partial charge in [-0.2, -0.15) is 0 Å². The van der Waals surface area contributed by atoms with Gasteiger partial charge >= 0.3 is 0 Å². The summed E-state index contributed by atoms with van der Waals surface area (Å²) in [5.74, 6) is 0. The van der Waals surface area contributed by atoms with E-state index >= 15 is 0 Å². The van der Waals surface area contributed by atoms with Crippen molar-refractivity contribution < 1.29 is 0 Å². The normalized spacial score (nSPS) is 11.5. The van der Waals surface area contributed by atoms with Gasteiger partial charge in [0.05, 0.1) is 11.4 Å². The Morgan fingerprint density at radius 2 is 0.678 bits per heavy atom. The van der Waals surface area contributed by atoms with Crippen molar-refractivity contribution in [1.82, 2.24) is 9.97 Å². The third-order valence-corrected chi connectivity index (χ3v) is 11.9. The van der Waals surface area contributed by atoms with Gasteiger partial charge in [0.25, 0.3) is 0 Å². The van der Waals surface area contributed by atoms with Gasteiger partial charge in [-0.1, -0.05) is 188 Å². The molecule has 0 aliphatic rings. The molecule has 2 heteroatoms. The Labute approximate surface area is 343 Å². The van der Waals surface area contributed by atoms with E-state index in [1.54, 1.807) is 0 Å². The van der Waals surface area contributed by atoms with Crippen LogP contribution in [0.2, 0.25) is 0 Å². The van der Waals surface area contributed by atoms with Gasteiger partial charge < -0.3 is 0 Å². The molecule has 0 spiro atoms. The highest BCUT2D eigenvalue weighted by Gasteiger charge is 2.21. The van der Waals surface area contributed by atoms with E-state index in [9.17, 15) is 0 Å². The number of benzene rings is 9. The minimum absolute atomic E-state index is 0.978. The number of fused-ring (bicyclic) bond motifs is 4. The number of hydrogen-bond acceptors (Lipinski definition) is 2. The van der Waals surface area contributed by atoms with Crippen molar-refractivity contribution in [2.45, 2.75) is 6.92 Å². The summed E-state index contributed by atoms with van der Waals surface area (Å²) in [5, 5.41) is 9.45. The molecule has 0 atom stereocenters. The van der Waals surface area contributed by atoms with E-state index in [0.717, 1.165) is 55.5 Å². The van der Waals surface area contributed by atoms with Crippen LogP contribution in [0, 0.1) is 6.92 Å². The summed E-state index contributed by atoms with van der Waals surface area (Å²) in [6.45, 7) is 2.22. The van der Waals surface area contributed by atoms with E-state index in [2.05, 4.69) is 207 Å². The van der Waals surface area contributed by atoms with Crippen LogP contribution in [-0.4, -0.2) is 9.97 Å². The minimum atomic E-state index is 0.978. The maximum absolute atomic E-state index is 5.21. The van der Waals surface area contributed by atoms with Crippen molar-refractivity contribution >= 4 is 43.1 Å². The largest absolute Gasteiger partial charge is 0.255 e. The number of hydrogen-bond donors (Lipinski definition) is 0. The van der Waals surface area contributed by atoms with Crippen LogP contribution in [0.1, 0.15) is 5.56 Å². The first-order chi connectivity index (χ1) is 29.2. The van der Waals surface area contributed by atoms with Crippen molar-refractivity contribution in [3.63, 3.8) is 0 Å². The molecule has 0 unspecified atom stereocenters. The van der Waals surface area contributed by atoms with Gasteiger partial charge in [-0.15, -0.1) is 0 Å². The summed E-state index contributed by atoms with van der Waals surface area (Å²) < 4.78 is 0. The SMILES string of the molecule is Cc1ccccc1-c1c2ccc(-c3ncc(-c4ccccc4)c4ccccc34)cc2c(-c2ccccc2)c2ccc(-c3ncc(-c4ccccc4)c4ccccc34)cc12. The number of rotatable bonds is 6. The molecule has 0 bridgehead atoms. The lowest BCUT2D eigenvalue weighted by atomic mass is 9.83. The molecule has 276 valence electrons. The maximum Gasteiger partial charge on any atom is 0.0780 e. The molecule has 2 nitrogen and oxygen atoms in total. The van der Waals surface area contributed by atoms with Crippen molar-refractivity contribution in [3.8, 4) is 67.0 Å². The molecule has 2 heterocycles. The molecule has 0 fully saturated rings. The second-order valence-corrected chi connectivity index (χ2v) is 15.3. The van der Waals surface area contributed by atoms with Crippen molar-refractivity contribution in [2.24, 2.45) is 0 Å². The smallest absolute Gasteiger partial charge is 0.0780 e. The molecule has 9 aromatic carbocycles. The van der Waals surface area contributed by atoms with E-state index in [0.29, 0.717) is 0 Å². The van der Waals surface area contributed by atoms with Gasteiger partial charge in [0, 0.05) is 45.4 Å². The molecule has 0 N–H and O–H groups in total. The van der Waals surface area contributed by atoms with Crippen LogP contribution in [0.5, 0.6) is 0 Å². The van der Waals surface area contributed by atoms with Crippen LogP contribution >= 0.6 is 0 Å². The summed E-state index contributed by atoms with van der Waals surface area (Å²) in [6.07, 6.45) is 4.08. The van der Waals surface area contributed by atoms with Gasteiger partial charge in [-0.25, -0.2) is 0 Å². The number of nitrogens with zero attached hydrogens (tertiary/aromatic N) is 2. The number of aromatic nitrogens is 2. The van der Waals surface area contributed by atoms with Crippen LogP contribution in [0.15, 0.2) is 213 Å². The van der Waals surface area contributed by atoms with E-state index in [4.69, 9.17) is 9.97 Å². The maximum atomic E-state index is 5.21. The van der Waals surface area contributed by atoms with Gasteiger partial charge in [0.15, 0.2) is 0 Å². The average Bonchev–Trinajstić information content (AvgIpc) is 3.31. The van der Waals surface area contributed by atoms with Crippen LogP contribution in [0.4, 0.5) is 0 Å². The summed E-state index contributed by atoms with van der Waals surface area (Å²) in [4.78, 5) is 10.4. The second kappa shape index (κ2) is 14.4. The van der Waals surface area contributed by atoms with Gasteiger partial charge in [0.2, 0.25) is 0 Å². The Kier molecular flexibility index (Phi) is 8.41. The summed E-state index contributed by atoms with van der Waals surface area (Å²) in [6, 6.07) is 72.0. The van der Waals surface area contributed by atoms with Crippen molar-refractivity contribution in [3.05, 3.63) is 218 Å². The molecule has 11 aromatic rings. The topological polar surface area (TPSA) is 25.8 Å². The molecule has 11 rings (SSSR count). The fourth-order valence-corrected chi connectivity index (χ4v) is 9.12. The first-order valence-electron chi connectivity index (χ1n) is 20.2. The van der Waals surface area contributed by atoms with Gasteiger partial charge in [-0.05, 0) is 90.3 Å². The number of pyridine rings is 2. The molecule has 0 aliphatic carbocycles. The standard InChI is InChI=1S/C57H38N2/c1-37-17-11-12-24-43(37)55-47-32-30-41(56-48-27-15-13-25-44(48)52(35-58-56)38-18-5-2-6-19-38)33-50(47)54(40-22-9-4-10-23-40)46-31-29-42(34-51(46)55)57-49-28-16-14-26-45(49)53(36-59-57)39-20-7-3-8-21-39/h2-36H,1H3. The van der Waals surface area contributed by atoms with Gasteiger partial charge in [-0.3, -0.25) is 9.97 Å². The van der Waals surface area contributed by atoms with Crippen LogP contribution in [0.25, 0.3) is 110 Å². The Balaban J connectivity index is 1.20. The summed E-state index contributed by atoms with van der Waals surface area (Å²) >= 11 is 0. The molecular formula is C57H38N2. The lowest BCUT2D eigenvalue weighted by molar-refractivity contribution is 1.36. The van der Waals surface area contributed by atoms with E-state index < -0.39 is 0 Å². The highest BCUT2D eigenvalue weighted by Crippen LogP contribution is 2.47. The molecule has 0 radical (unpaired) electrons. The van der Waals surface area contributed by atoms with Crippen molar-refractivity contribution in [1.29, 1.82) is 0 Å². The fourth-order valence-electron chi connectivity index (χ4n) is 9.12. The first kappa shape index (κ1) is 34.6. The van der Waals surface area contributed by atoms with Crippen LogP contribution in [-0.2, 0) is 0 Å². The monoisotopic (exact) mass is 750 g/mol. The van der Waals surface area contributed by atoms with Gasteiger partial charge in [0.1, 0.15) is 0 Å². The van der Waals surface area contributed by atoms with E-state index in [-0.39, 0.29) is 0 Å². The summed E-state index contributed by atoms with van der Waals surface area (Å²) in [5.41, 5.74) is 14.8. The molecule has 2 aromatic heterocycles. The second-order valence-electron chi connectivity index (χ2n) is 15.3. The molecule has 0 saturated carbocycles. The Hall–Kier alpha value is -7.68. The predicted octanol–water partition coefficient (Wildman–Crippen LogP) is 15.4. The molecule has 0 aliphatic heterocycles. The summed E-state index contributed by atoms with van der Waals surface area (Å²) in [7, 11) is 0. The Morgan fingerprint density at radius 1 is 0.271 bits per heavy atom. The van der Waals surface area contributed by atoms with E-state index in [1.807, 2.05) is 12.4 Å². The predicted molar refractivity (Wildman–Crippen MR) is 249 cm³/mol. The molecule has 0 saturated heterocycles. The lowest BCUT2D eigenvalue weighted by Crippen LogP contribution is -1.95. The van der Waals surface area contributed by atoms with Crippen LogP contribution < -0.4 is 0 Å². The van der Waals surface area contributed by atoms with E-state index in [1.165, 1.54) is 60.1 Å². The third kappa shape index (κ3) is 5.88. The highest BCUT2D eigenvalue weighted by molar-refractivity contribution is 6.23.